The summed E-state index contributed by atoms with van der Waals surface area (Å²) in [6.45, 7) is -1.75. The highest BCUT2D eigenvalue weighted by atomic mass is 79.9. The van der Waals surface area contributed by atoms with Crippen LogP contribution in [0.15, 0.2) is 16.7 Å². The summed E-state index contributed by atoms with van der Waals surface area (Å²) in [6, 6.07) is 1.65. The van der Waals surface area contributed by atoms with Crippen molar-refractivity contribution in [2.24, 2.45) is 5.92 Å². The van der Waals surface area contributed by atoms with E-state index >= 15 is 0 Å². The standard InChI is InChI=1S/C15H12BrClF3N3O3/c16-11-2-7-1-8(3-12(24)25)14(26)22(6-15(18,19)20)5-10(7)9-4-21-23(17)13(9)11/h2,4,8H,1,3,5-6H2,(H,24,25)/t8-/m0/s1. The highest BCUT2D eigenvalue weighted by molar-refractivity contribution is 9.10. The first-order chi connectivity index (χ1) is 12.1. The van der Waals surface area contributed by atoms with Crippen molar-refractivity contribution in [3.8, 4) is 0 Å². The predicted octanol–water partition coefficient (Wildman–Crippen LogP) is 3.34. The molecule has 0 saturated heterocycles. The maximum absolute atomic E-state index is 12.9. The van der Waals surface area contributed by atoms with E-state index in [0.29, 0.717) is 31.4 Å². The molecule has 1 atom stereocenters. The Bertz CT molecular complexity index is 900. The summed E-state index contributed by atoms with van der Waals surface area (Å²) in [6.07, 6.45) is -3.70. The number of aliphatic carboxylic acids is 1. The number of hydrogen-bond donors (Lipinski definition) is 1. The minimum absolute atomic E-state index is 0.0246. The zero-order chi connectivity index (χ0) is 19.2. The highest BCUT2D eigenvalue weighted by Crippen LogP contribution is 2.36. The minimum Gasteiger partial charge on any atom is -0.481 e. The molecule has 26 heavy (non-hydrogen) atoms. The van der Waals surface area contributed by atoms with Gasteiger partial charge in [-0.25, -0.2) is 0 Å². The number of rotatable bonds is 3. The van der Waals surface area contributed by atoms with Crippen molar-refractivity contribution in [2.75, 3.05) is 6.54 Å². The van der Waals surface area contributed by atoms with Gasteiger partial charge in [0.15, 0.2) is 0 Å². The summed E-state index contributed by atoms with van der Waals surface area (Å²) < 4.78 is 40.4. The van der Waals surface area contributed by atoms with E-state index in [-0.39, 0.29) is 13.0 Å². The lowest BCUT2D eigenvalue weighted by Crippen LogP contribution is -2.41. The van der Waals surface area contributed by atoms with Gasteiger partial charge in [-0.15, -0.1) is 0 Å². The molecule has 0 radical (unpaired) electrons. The van der Waals surface area contributed by atoms with Gasteiger partial charge in [-0.1, -0.05) is 0 Å². The second-order valence-electron chi connectivity index (χ2n) is 6.07. The SMILES string of the molecule is O=C(O)C[C@@H]1Cc2cc(Br)c3c(cnn3Cl)c2CN(CC(F)(F)F)C1=O. The zero-order valence-corrected chi connectivity index (χ0v) is 15.4. The number of amides is 1. The Balaban J connectivity index is 2.14. The van der Waals surface area contributed by atoms with Crippen LogP contribution in [0, 0.1) is 5.92 Å². The average molecular weight is 455 g/mol. The molecule has 1 N–H and O–H groups in total. The van der Waals surface area contributed by atoms with Gasteiger partial charge in [-0.05, 0) is 39.5 Å². The quantitative estimate of drug-likeness (QED) is 0.772. The molecule has 1 aliphatic heterocycles. The van der Waals surface area contributed by atoms with Gasteiger partial charge < -0.3 is 10.0 Å². The van der Waals surface area contributed by atoms with Crippen LogP contribution in [0.2, 0.25) is 0 Å². The Morgan fingerprint density at radius 3 is 2.77 bits per heavy atom. The number of alkyl halides is 3. The van der Waals surface area contributed by atoms with Crippen molar-refractivity contribution >= 4 is 50.5 Å². The van der Waals surface area contributed by atoms with Crippen LogP contribution >= 0.6 is 27.7 Å². The molecule has 0 spiro atoms. The number of aromatic nitrogens is 2. The maximum Gasteiger partial charge on any atom is 0.406 e. The summed E-state index contributed by atoms with van der Waals surface area (Å²) in [5.41, 5.74) is 1.56. The van der Waals surface area contributed by atoms with Gasteiger partial charge in [-0.3, -0.25) is 9.59 Å². The molecule has 1 aromatic carbocycles. The molecule has 2 aromatic rings. The molecular weight excluding hydrogens is 443 g/mol. The molecule has 0 bridgehead atoms. The van der Waals surface area contributed by atoms with Crippen LogP contribution in [0.1, 0.15) is 17.5 Å². The molecule has 1 amide bonds. The maximum atomic E-state index is 12.9. The van der Waals surface area contributed by atoms with E-state index in [1.165, 1.54) is 6.20 Å². The van der Waals surface area contributed by atoms with Crippen LogP contribution in [0.4, 0.5) is 13.2 Å². The fourth-order valence-corrected chi connectivity index (χ4v) is 4.20. The number of benzene rings is 1. The largest absolute Gasteiger partial charge is 0.481 e. The second-order valence-corrected chi connectivity index (χ2v) is 7.25. The molecule has 0 fully saturated rings. The molecule has 0 saturated carbocycles. The Hall–Kier alpha value is -1.81. The normalized spacial score (nSPS) is 18.1. The lowest BCUT2D eigenvalue weighted by atomic mass is 9.93. The smallest absolute Gasteiger partial charge is 0.406 e. The first kappa shape index (κ1) is 19.0. The monoisotopic (exact) mass is 453 g/mol. The van der Waals surface area contributed by atoms with Gasteiger partial charge in [0.1, 0.15) is 12.1 Å². The molecule has 3 rings (SSSR count). The van der Waals surface area contributed by atoms with Gasteiger partial charge in [0.2, 0.25) is 5.91 Å². The number of nitrogens with zero attached hydrogens (tertiary/aromatic N) is 3. The zero-order valence-electron chi connectivity index (χ0n) is 13.1. The van der Waals surface area contributed by atoms with Crippen LogP contribution in [-0.2, 0) is 22.6 Å². The summed E-state index contributed by atoms with van der Waals surface area (Å²) in [5.74, 6) is -3.15. The van der Waals surface area contributed by atoms with Crippen molar-refractivity contribution in [3.63, 3.8) is 0 Å². The molecule has 140 valence electrons. The number of carboxylic acids is 1. The minimum atomic E-state index is -4.60. The van der Waals surface area contributed by atoms with E-state index in [1.807, 2.05) is 0 Å². The molecule has 11 heteroatoms. The number of hydrogen-bond acceptors (Lipinski definition) is 3. The van der Waals surface area contributed by atoms with Crippen molar-refractivity contribution < 1.29 is 27.9 Å². The molecule has 0 aliphatic carbocycles. The Morgan fingerprint density at radius 1 is 1.46 bits per heavy atom. The Kier molecular flexibility index (Phi) is 4.91. The van der Waals surface area contributed by atoms with E-state index in [4.69, 9.17) is 16.9 Å². The summed E-state index contributed by atoms with van der Waals surface area (Å²) in [7, 11) is 0. The molecule has 6 nitrogen and oxygen atoms in total. The fourth-order valence-electron chi connectivity index (χ4n) is 3.21. The number of carbonyl (C=O) groups excluding carboxylic acids is 1. The second kappa shape index (κ2) is 6.73. The van der Waals surface area contributed by atoms with Gasteiger partial charge >= 0.3 is 12.1 Å². The van der Waals surface area contributed by atoms with Gasteiger partial charge in [0, 0.05) is 28.2 Å². The third-order valence-corrected chi connectivity index (χ3v) is 5.10. The summed E-state index contributed by atoms with van der Waals surface area (Å²) in [5, 5.41) is 13.5. The lowest BCUT2D eigenvalue weighted by Gasteiger charge is -2.25. The molecule has 0 unspecified atom stereocenters. The third-order valence-electron chi connectivity index (χ3n) is 4.24. The van der Waals surface area contributed by atoms with Crippen LogP contribution in [0.5, 0.6) is 0 Å². The molecule has 1 aromatic heterocycles. The first-order valence-electron chi connectivity index (χ1n) is 7.48. The molecular formula is C15H12BrClF3N3O3. The summed E-state index contributed by atoms with van der Waals surface area (Å²) >= 11 is 9.31. The van der Waals surface area contributed by atoms with Crippen molar-refractivity contribution in [1.82, 2.24) is 14.2 Å². The van der Waals surface area contributed by atoms with Crippen molar-refractivity contribution in [3.05, 3.63) is 27.9 Å². The number of carbonyl (C=O) groups is 2. The Morgan fingerprint density at radius 2 is 2.15 bits per heavy atom. The van der Waals surface area contributed by atoms with E-state index in [0.717, 1.165) is 4.20 Å². The van der Waals surface area contributed by atoms with Gasteiger partial charge in [0.05, 0.1) is 18.5 Å². The van der Waals surface area contributed by atoms with Crippen LogP contribution in [0.25, 0.3) is 10.9 Å². The highest BCUT2D eigenvalue weighted by Gasteiger charge is 2.39. The number of carboxylic acid groups (broad SMARTS) is 1. The number of halogens is 5. The summed E-state index contributed by atoms with van der Waals surface area (Å²) in [4.78, 5) is 24.3. The first-order valence-corrected chi connectivity index (χ1v) is 8.61. The number of fused-ring (bicyclic) bond motifs is 3. The average Bonchev–Trinajstić information content (AvgIpc) is 2.84. The van der Waals surface area contributed by atoms with Gasteiger partial charge in [-0.2, -0.15) is 22.5 Å². The van der Waals surface area contributed by atoms with Crippen molar-refractivity contribution in [2.45, 2.75) is 25.6 Å². The topological polar surface area (TPSA) is 75.4 Å². The Labute approximate surface area is 158 Å². The van der Waals surface area contributed by atoms with Gasteiger partial charge in [0.25, 0.3) is 0 Å². The molecule has 1 aliphatic rings. The lowest BCUT2D eigenvalue weighted by molar-refractivity contribution is -0.165. The fraction of sp³-hybridized carbons (Fsp3) is 0.400. The van der Waals surface area contributed by atoms with Crippen LogP contribution < -0.4 is 0 Å². The molecule has 2 heterocycles. The van der Waals surface area contributed by atoms with Crippen LogP contribution in [-0.4, -0.2) is 43.9 Å². The van der Waals surface area contributed by atoms with Crippen LogP contribution in [0.3, 0.4) is 0 Å². The van der Waals surface area contributed by atoms with E-state index < -0.39 is 36.9 Å². The predicted molar refractivity (Wildman–Crippen MR) is 89.6 cm³/mol. The van der Waals surface area contributed by atoms with E-state index in [2.05, 4.69) is 21.0 Å². The van der Waals surface area contributed by atoms with Crippen molar-refractivity contribution in [1.29, 1.82) is 0 Å². The van der Waals surface area contributed by atoms with E-state index in [1.54, 1.807) is 6.07 Å². The third kappa shape index (κ3) is 3.66. The van der Waals surface area contributed by atoms with E-state index in [9.17, 15) is 22.8 Å².